The molecule has 0 amide bonds. The highest BCUT2D eigenvalue weighted by Crippen LogP contribution is 2.20. The van der Waals surface area contributed by atoms with Gasteiger partial charge in [0.1, 0.15) is 30.4 Å². The van der Waals surface area contributed by atoms with E-state index in [-0.39, 0.29) is 6.10 Å². The van der Waals surface area contributed by atoms with Crippen molar-refractivity contribution in [3.05, 3.63) is 41.5 Å². The van der Waals surface area contributed by atoms with Gasteiger partial charge in [-0.2, -0.15) is 10.4 Å². The molecular formula is C17H21N5O2. The summed E-state index contributed by atoms with van der Waals surface area (Å²) in [5.74, 6) is 2.22. The number of aromatic nitrogens is 3. The average molecular weight is 327 g/mol. The molecule has 24 heavy (non-hydrogen) atoms. The predicted molar refractivity (Wildman–Crippen MR) is 87.5 cm³/mol. The number of nitrogens with one attached hydrogen (secondary N) is 1. The minimum absolute atomic E-state index is 0.110. The predicted octanol–water partition coefficient (Wildman–Crippen LogP) is 1.69. The van der Waals surface area contributed by atoms with Crippen molar-refractivity contribution in [2.75, 3.05) is 32.8 Å². The minimum Gasteiger partial charge on any atom is -0.491 e. The van der Waals surface area contributed by atoms with E-state index in [0.29, 0.717) is 30.4 Å². The van der Waals surface area contributed by atoms with E-state index < -0.39 is 0 Å². The highest BCUT2D eigenvalue weighted by molar-refractivity contribution is 5.42. The lowest BCUT2D eigenvalue weighted by molar-refractivity contribution is -0.0370. The van der Waals surface area contributed by atoms with E-state index in [9.17, 15) is 0 Å². The second-order valence-electron chi connectivity index (χ2n) is 5.61. The zero-order valence-corrected chi connectivity index (χ0v) is 13.7. The molecule has 7 heteroatoms. The fraction of sp³-hybridized carbons (Fsp3) is 0.471. The highest BCUT2D eigenvalue weighted by Gasteiger charge is 2.25. The number of aryl methyl sites for hydroxylation is 1. The molecule has 2 heterocycles. The van der Waals surface area contributed by atoms with Gasteiger partial charge in [-0.3, -0.25) is 10.00 Å². The van der Waals surface area contributed by atoms with Crippen LogP contribution >= 0.6 is 0 Å². The summed E-state index contributed by atoms with van der Waals surface area (Å²) < 4.78 is 11.5. The maximum Gasteiger partial charge on any atom is 0.180 e. The van der Waals surface area contributed by atoms with Gasteiger partial charge in [0.15, 0.2) is 5.82 Å². The summed E-state index contributed by atoms with van der Waals surface area (Å²) in [6.07, 6.45) is 0.719. The van der Waals surface area contributed by atoms with Crippen LogP contribution in [0.2, 0.25) is 0 Å². The number of hydrogen-bond acceptors (Lipinski definition) is 6. The monoisotopic (exact) mass is 327 g/mol. The zero-order valence-electron chi connectivity index (χ0n) is 13.7. The number of para-hydroxylation sites is 1. The summed E-state index contributed by atoms with van der Waals surface area (Å²) in [5.41, 5.74) is 0.560. The molecule has 0 saturated carbocycles. The largest absolute Gasteiger partial charge is 0.491 e. The molecule has 1 aliphatic heterocycles. The molecule has 1 aromatic carbocycles. The van der Waals surface area contributed by atoms with E-state index in [1.165, 1.54) is 0 Å². The molecule has 126 valence electrons. The van der Waals surface area contributed by atoms with E-state index >= 15 is 0 Å². The quantitative estimate of drug-likeness (QED) is 0.869. The van der Waals surface area contributed by atoms with E-state index in [2.05, 4.69) is 26.2 Å². The van der Waals surface area contributed by atoms with Gasteiger partial charge in [-0.25, -0.2) is 4.98 Å². The van der Waals surface area contributed by atoms with Crippen molar-refractivity contribution < 1.29 is 9.47 Å². The summed E-state index contributed by atoms with van der Waals surface area (Å²) in [6, 6.07) is 9.42. The van der Waals surface area contributed by atoms with Crippen molar-refractivity contribution >= 4 is 0 Å². The fourth-order valence-corrected chi connectivity index (χ4v) is 2.64. The number of benzene rings is 1. The molecule has 0 spiro atoms. The summed E-state index contributed by atoms with van der Waals surface area (Å²) in [7, 11) is 0. The first kappa shape index (κ1) is 16.4. The maximum absolute atomic E-state index is 9.08. The zero-order chi connectivity index (χ0) is 16.8. The first-order chi connectivity index (χ1) is 11.8. The van der Waals surface area contributed by atoms with Crippen molar-refractivity contribution in [2.24, 2.45) is 0 Å². The molecule has 1 aliphatic rings. The lowest BCUT2D eigenvalue weighted by Gasteiger charge is -2.31. The molecule has 0 radical (unpaired) electrons. The van der Waals surface area contributed by atoms with Crippen LogP contribution in [0.4, 0.5) is 0 Å². The second kappa shape index (κ2) is 7.90. The van der Waals surface area contributed by atoms with Gasteiger partial charge in [0.2, 0.25) is 0 Å². The Hall–Kier alpha value is -2.43. The van der Waals surface area contributed by atoms with Gasteiger partial charge in [0.25, 0.3) is 0 Å². The van der Waals surface area contributed by atoms with Crippen LogP contribution in [0.1, 0.15) is 30.2 Å². The third-order valence-corrected chi connectivity index (χ3v) is 4.00. The standard InChI is InChI=1S/C17H21N5O2/c1-2-16-19-17(21-20-16)15-12-22(8-10-24-15)7-9-23-14-6-4-3-5-13(14)11-18/h3-6,15H,2,7-10,12H2,1H3,(H,19,20,21)/t15-/m1/s1. The Morgan fingerprint density at radius 3 is 3.12 bits per heavy atom. The van der Waals surface area contributed by atoms with Crippen LogP contribution in [0.3, 0.4) is 0 Å². The van der Waals surface area contributed by atoms with Crippen molar-refractivity contribution in [1.29, 1.82) is 5.26 Å². The number of ether oxygens (including phenoxy) is 2. The first-order valence-electron chi connectivity index (χ1n) is 8.17. The Bertz CT molecular complexity index is 709. The molecule has 1 atom stereocenters. The summed E-state index contributed by atoms with van der Waals surface area (Å²) >= 11 is 0. The number of H-pyrrole nitrogens is 1. The molecule has 1 saturated heterocycles. The van der Waals surface area contributed by atoms with Crippen LogP contribution < -0.4 is 4.74 Å². The maximum atomic E-state index is 9.08. The Balaban J connectivity index is 1.51. The number of rotatable bonds is 6. The van der Waals surface area contributed by atoms with E-state index in [0.717, 1.165) is 31.9 Å². The Labute approximate surface area is 141 Å². The third kappa shape index (κ3) is 3.91. The normalized spacial score (nSPS) is 18.2. The first-order valence-corrected chi connectivity index (χ1v) is 8.17. The molecule has 1 N–H and O–H groups in total. The smallest absolute Gasteiger partial charge is 0.180 e. The van der Waals surface area contributed by atoms with Crippen molar-refractivity contribution in [2.45, 2.75) is 19.4 Å². The van der Waals surface area contributed by atoms with Gasteiger partial charge in [-0.1, -0.05) is 19.1 Å². The molecule has 3 rings (SSSR count). The molecule has 2 aromatic rings. The second-order valence-corrected chi connectivity index (χ2v) is 5.61. The number of nitrogens with zero attached hydrogens (tertiary/aromatic N) is 4. The molecule has 1 fully saturated rings. The van der Waals surface area contributed by atoms with E-state index in [1.54, 1.807) is 6.07 Å². The van der Waals surface area contributed by atoms with Crippen LogP contribution in [0.5, 0.6) is 5.75 Å². The molecule has 0 bridgehead atoms. The summed E-state index contributed by atoms with van der Waals surface area (Å²) in [6.45, 7) is 5.57. The summed E-state index contributed by atoms with van der Waals surface area (Å²) in [4.78, 5) is 6.72. The molecule has 1 aromatic heterocycles. The van der Waals surface area contributed by atoms with Crippen LogP contribution in [0, 0.1) is 11.3 Å². The van der Waals surface area contributed by atoms with Crippen LogP contribution in [-0.4, -0.2) is 52.9 Å². The van der Waals surface area contributed by atoms with Gasteiger partial charge in [-0.15, -0.1) is 0 Å². The van der Waals surface area contributed by atoms with Crippen LogP contribution in [0.25, 0.3) is 0 Å². The van der Waals surface area contributed by atoms with Crippen molar-refractivity contribution in [3.63, 3.8) is 0 Å². The van der Waals surface area contributed by atoms with Gasteiger partial charge in [0, 0.05) is 26.1 Å². The Morgan fingerprint density at radius 2 is 2.33 bits per heavy atom. The van der Waals surface area contributed by atoms with E-state index in [1.807, 2.05) is 25.1 Å². The lowest BCUT2D eigenvalue weighted by atomic mass is 10.2. The molecule has 7 nitrogen and oxygen atoms in total. The van der Waals surface area contributed by atoms with Crippen LogP contribution in [-0.2, 0) is 11.2 Å². The van der Waals surface area contributed by atoms with Crippen LogP contribution in [0.15, 0.2) is 24.3 Å². The van der Waals surface area contributed by atoms with Gasteiger partial charge in [-0.05, 0) is 12.1 Å². The Morgan fingerprint density at radius 1 is 1.46 bits per heavy atom. The van der Waals surface area contributed by atoms with Gasteiger partial charge >= 0.3 is 0 Å². The lowest BCUT2D eigenvalue weighted by Crippen LogP contribution is -2.40. The molecule has 0 unspecified atom stereocenters. The number of morpholine rings is 1. The van der Waals surface area contributed by atoms with Crippen molar-refractivity contribution in [3.8, 4) is 11.8 Å². The Kier molecular flexibility index (Phi) is 5.41. The van der Waals surface area contributed by atoms with Crippen molar-refractivity contribution in [1.82, 2.24) is 20.1 Å². The number of hydrogen-bond donors (Lipinski definition) is 1. The van der Waals surface area contributed by atoms with Gasteiger partial charge < -0.3 is 9.47 Å². The minimum atomic E-state index is -0.110. The fourth-order valence-electron chi connectivity index (χ4n) is 2.64. The average Bonchev–Trinajstić information content (AvgIpc) is 3.12. The third-order valence-electron chi connectivity index (χ3n) is 4.00. The number of nitriles is 1. The SMILES string of the molecule is CCc1nc([C@H]2CN(CCOc3ccccc3C#N)CCO2)n[nH]1. The van der Waals surface area contributed by atoms with E-state index in [4.69, 9.17) is 14.7 Å². The summed E-state index contributed by atoms with van der Waals surface area (Å²) in [5, 5.41) is 16.2. The number of aromatic amines is 1. The topological polar surface area (TPSA) is 87.1 Å². The van der Waals surface area contributed by atoms with Gasteiger partial charge in [0.05, 0.1) is 12.2 Å². The highest BCUT2D eigenvalue weighted by atomic mass is 16.5. The molecular weight excluding hydrogens is 306 g/mol. The molecule has 0 aliphatic carbocycles.